The van der Waals surface area contributed by atoms with Gasteiger partial charge in [0.25, 0.3) is 0 Å². The van der Waals surface area contributed by atoms with Crippen molar-refractivity contribution in [2.24, 2.45) is 11.8 Å². The Kier molecular flexibility index (Phi) is 7.33. The van der Waals surface area contributed by atoms with Crippen molar-refractivity contribution in [3.05, 3.63) is 64.7 Å². The molecule has 7 heteroatoms. The van der Waals surface area contributed by atoms with Gasteiger partial charge in [-0.3, -0.25) is 15.0 Å². The first kappa shape index (κ1) is 23.3. The number of ketones is 1. The van der Waals surface area contributed by atoms with Gasteiger partial charge in [0.1, 0.15) is 0 Å². The van der Waals surface area contributed by atoms with E-state index in [0.29, 0.717) is 29.6 Å². The van der Waals surface area contributed by atoms with Crippen LogP contribution in [0.3, 0.4) is 0 Å². The van der Waals surface area contributed by atoms with Crippen LogP contribution in [-0.4, -0.2) is 27.4 Å². The van der Waals surface area contributed by atoms with Gasteiger partial charge >= 0.3 is 0 Å². The SMILES string of the molecule is CC(C(=O)NCCn1c(=N)n(CC(=O)c2ccc(Cl)cc2)c2ccccc21)C1CCCCC1. The minimum Gasteiger partial charge on any atom is -0.354 e. The molecule has 2 aromatic carbocycles. The van der Waals surface area contributed by atoms with Crippen LogP contribution in [0.2, 0.25) is 5.02 Å². The van der Waals surface area contributed by atoms with Gasteiger partial charge < -0.3 is 14.5 Å². The molecule has 1 atom stereocenters. The fraction of sp³-hybridized carbons (Fsp3) is 0.423. The van der Waals surface area contributed by atoms with E-state index in [4.69, 9.17) is 17.0 Å². The molecule has 1 heterocycles. The zero-order chi connectivity index (χ0) is 23.4. The molecule has 2 N–H and O–H groups in total. The Balaban J connectivity index is 1.47. The van der Waals surface area contributed by atoms with E-state index in [-0.39, 0.29) is 29.8 Å². The first-order chi connectivity index (χ1) is 16.0. The number of benzene rings is 2. The molecule has 1 amide bonds. The summed E-state index contributed by atoms with van der Waals surface area (Å²) in [6.45, 7) is 3.03. The van der Waals surface area contributed by atoms with Gasteiger partial charge in [-0.05, 0) is 55.2 Å². The number of hydrogen-bond donors (Lipinski definition) is 2. The topological polar surface area (TPSA) is 79.9 Å². The van der Waals surface area contributed by atoms with E-state index in [9.17, 15) is 9.59 Å². The molecular weight excluding hydrogens is 436 g/mol. The highest BCUT2D eigenvalue weighted by Gasteiger charge is 2.25. The molecule has 3 aromatic rings. The summed E-state index contributed by atoms with van der Waals surface area (Å²) < 4.78 is 3.58. The summed E-state index contributed by atoms with van der Waals surface area (Å²) in [5.74, 6) is 0.501. The average Bonchev–Trinajstić information content (AvgIpc) is 3.10. The number of hydrogen-bond acceptors (Lipinski definition) is 3. The Morgan fingerprint density at radius 1 is 1.03 bits per heavy atom. The van der Waals surface area contributed by atoms with Crippen molar-refractivity contribution in [2.45, 2.75) is 52.1 Å². The summed E-state index contributed by atoms with van der Waals surface area (Å²) in [5.41, 5.74) is 2.51. The fourth-order valence-electron chi connectivity index (χ4n) is 4.85. The van der Waals surface area contributed by atoms with Crippen molar-refractivity contribution < 1.29 is 9.59 Å². The van der Waals surface area contributed by atoms with Gasteiger partial charge in [0.2, 0.25) is 11.5 Å². The molecule has 1 saturated carbocycles. The van der Waals surface area contributed by atoms with Gasteiger partial charge in [0, 0.05) is 29.6 Å². The molecule has 1 fully saturated rings. The van der Waals surface area contributed by atoms with Crippen LogP contribution in [-0.2, 0) is 17.9 Å². The Morgan fingerprint density at radius 3 is 2.33 bits per heavy atom. The number of para-hydroxylation sites is 2. The van der Waals surface area contributed by atoms with Crippen molar-refractivity contribution in [2.75, 3.05) is 6.54 Å². The number of rotatable bonds is 8. The Bertz CT molecular complexity index is 1190. The quantitative estimate of drug-likeness (QED) is 0.468. The first-order valence-corrected chi connectivity index (χ1v) is 12.1. The first-order valence-electron chi connectivity index (χ1n) is 11.7. The monoisotopic (exact) mass is 466 g/mol. The Labute approximate surface area is 199 Å². The van der Waals surface area contributed by atoms with Crippen molar-refractivity contribution in [1.82, 2.24) is 14.5 Å². The number of Topliss-reactive ketones (excluding diaryl/α,β-unsaturated/α-hetero) is 1. The highest BCUT2D eigenvalue weighted by atomic mass is 35.5. The number of nitrogens with zero attached hydrogens (tertiary/aromatic N) is 2. The van der Waals surface area contributed by atoms with Gasteiger partial charge in [0.05, 0.1) is 17.6 Å². The lowest BCUT2D eigenvalue weighted by molar-refractivity contribution is -0.126. The van der Waals surface area contributed by atoms with E-state index in [1.54, 1.807) is 28.8 Å². The van der Waals surface area contributed by atoms with Crippen LogP contribution in [0.5, 0.6) is 0 Å². The van der Waals surface area contributed by atoms with E-state index >= 15 is 0 Å². The summed E-state index contributed by atoms with van der Waals surface area (Å²) in [6.07, 6.45) is 5.98. The lowest BCUT2D eigenvalue weighted by Gasteiger charge is -2.26. The molecule has 0 saturated heterocycles. The van der Waals surface area contributed by atoms with E-state index < -0.39 is 0 Å². The van der Waals surface area contributed by atoms with Gasteiger partial charge in [-0.15, -0.1) is 0 Å². The summed E-state index contributed by atoms with van der Waals surface area (Å²) in [4.78, 5) is 25.5. The van der Waals surface area contributed by atoms with Crippen LogP contribution in [0, 0.1) is 17.2 Å². The second-order valence-electron chi connectivity index (χ2n) is 8.96. The van der Waals surface area contributed by atoms with Crippen molar-refractivity contribution in [3.8, 4) is 0 Å². The number of nitrogens with one attached hydrogen (secondary N) is 2. The maximum absolute atomic E-state index is 12.8. The number of amides is 1. The van der Waals surface area contributed by atoms with Gasteiger partial charge in [-0.2, -0.15) is 0 Å². The number of aromatic nitrogens is 2. The highest BCUT2D eigenvalue weighted by Crippen LogP contribution is 2.29. The zero-order valence-electron chi connectivity index (χ0n) is 19.0. The van der Waals surface area contributed by atoms with Crippen molar-refractivity contribution in [1.29, 1.82) is 5.41 Å². The van der Waals surface area contributed by atoms with Crippen LogP contribution in [0.1, 0.15) is 49.4 Å². The van der Waals surface area contributed by atoms with E-state index in [1.165, 1.54) is 19.3 Å². The molecule has 6 nitrogen and oxygen atoms in total. The highest BCUT2D eigenvalue weighted by molar-refractivity contribution is 6.30. The third kappa shape index (κ3) is 5.22. The Hall–Kier alpha value is -2.86. The van der Waals surface area contributed by atoms with Crippen LogP contribution in [0.15, 0.2) is 48.5 Å². The van der Waals surface area contributed by atoms with Crippen molar-refractivity contribution >= 4 is 34.3 Å². The average molecular weight is 467 g/mol. The van der Waals surface area contributed by atoms with E-state index in [2.05, 4.69) is 5.32 Å². The minimum atomic E-state index is -0.0809. The van der Waals surface area contributed by atoms with E-state index in [1.807, 2.05) is 35.8 Å². The molecule has 1 aliphatic carbocycles. The second kappa shape index (κ2) is 10.4. The number of carbonyl (C=O) groups is 2. The third-order valence-electron chi connectivity index (χ3n) is 6.85. The third-order valence-corrected chi connectivity index (χ3v) is 7.10. The standard InChI is InChI=1S/C26H31ClN4O2/c1-18(19-7-3-2-4-8-19)25(33)29-15-16-30-22-9-5-6-10-23(22)31(26(30)28)17-24(32)20-11-13-21(27)14-12-20/h5-6,9-14,18-19,28H,2-4,7-8,15-17H2,1H3,(H,29,33). The summed E-state index contributed by atoms with van der Waals surface area (Å²) in [6, 6.07) is 14.5. The molecule has 0 spiro atoms. The second-order valence-corrected chi connectivity index (χ2v) is 9.39. The normalized spacial score (nSPS) is 15.5. The molecule has 4 rings (SSSR count). The molecule has 1 aromatic heterocycles. The van der Waals surface area contributed by atoms with Gasteiger partial charge in [0.15, 0.2) is 5.78 Å². The van der Waals surface area contributed by atoms with Crippen LogP contribution in [0.25, 0.3) is 11.0 Å². The maximum atomic E-state index is 12.8. The largest absolute Gasteiger partial charge is 0.354 e. The Morgan fingerprint density at radius 2 is 1.67 bits per heavy atom. The molecular formula is C26H31ClN4O2. The summed E-state index contributed by atoms with van der Waals surface area (Å²) in [7, 11) is 0. The van der Waals surface area contributed by atoms with Crippen molar-refractivity contribution in [3.63, 3.8) is 0 Å². The lowest BCUT2D eigenvalue weighted by Crippen LogP contribution is -2.37. The summed E-state index contributed by atoms with van der Waals surface area (Å²) >= 11 is 5.94. The summed E-state index contributed by atoms with van der Waals surface area (Å²) in [5, 5.41) is 12.4. The molecule has 0 radical (unpaired) electrons. The molecule has 0 aliphatic heterocycles. The molecule has 1 aliphatic rings. The molecule has 33 heavy (non-hydrogen) atoms. The van der Waals surface area contributed by atoms with Crippen LogP contribution >= 0.6 is 11.6 Å². The predicted molar refractivity (Wildman–Crippen MR) is 130 cm³/mol. The van der Waals surface area contributed by atoms with E-state index in [0.717, 1.165) is 23.9 Å². The minimum absolute atomic E-state index is 0.0177. The number of halogens is 1. The number of imidazole rings is 1. The number of fused-ring (bicyclic) bond motifs is 1. The van der Waals surface area contributed by atoms with Gasteiger partial charge in [-0.25, -0.2) is 0 Å². The molecule has 1 unspecified atom stereocenters. The fourth-order valence-corrected chi connectivity index (χ4v) is 4.98. The number of carbonyl (C=O) groups excluding carboxylic acids is 2. The smallest absolute Gasteiger partial charge is 0.223 e. The predicted octanol–water partition coefficient (Wildman–Crippen LogP) is 4.79. The van der Waals surface area contributed by atoms with Gasteiger partial charge in [-0.1, -0.05) is 49.9 Å². The zero-order valence-corrected chi connectivity index (χ0v) is 19.8. The van der Waals surface area contributed by atoms with Crippen LogP contribution in [0.4, 0.5) is 0 Å². The maximum Gasteiger partial charge on any atom is 0.223 e. The lowest BCUT2D eigenvalue weighted by atomic mass is 9.80. The van der Waals surface area contributed by atoms with Crippen LogP contribution < -0.4 is 10.9 Å². The molecule has 174 valence electrons. The molecule has 0 bridgehead atoms.